The minimum absolute atomic E-state index is 0.120. The number of likely N-dealkylation sites (N-methyl/N-ethyl adjacent to an activating group) is 1. The van der Waals surface area contributed by atoms with Gasteiger partial charge in [0.25, 0.3) is 15.9 Å². The molecule has 0 radical (unpaired) electrons. The summed E-state index contributed by atoms with van der Waals surface area (Å²) in [7, 11) is -2.17. The lowest BCUT2D eigenvalue weighted by Gasteiger charge is -2.12. The molecule has 2 aromatic rings. The number of para-hydroxylation sites is 1. The summed E-state index contributed by atoms with van der Waals surface area (Å²) >= 11 is 0. The zero-order valence-electron chi connectivity index (χ0n) is 13.6. The number of sulfonamides is 1. The summed E-state index contributed by atoms with van der Waals surface area (Å²) in [5, 5.41) is 2.44. The predicted octanol–water partition coefficient (Wildman–Crippen LogP) is 2.17. The van der Waals surface area contributed by atoms with Gasteiger partial charge in [-0.3, -0.25) is 9.52 Å². The third-order valence-corrected chi connectivity index (χ3v) is 4.81. The van der Waals surface area contributed by atoms with Crippen LogP contribution in [0.3, 0.4) is 0 Å². The van der Waals surface area contributed by atoms with E-state index in [1.165, 1.54) is 31.3 Å². The van der Waals surface area contributed by atoms with E-state index in [9.17, 15) is 13.2 Å². The molecule has 1 amide bonds. The maximum atomic E-state index is 12.5. The van der Waals surface area contributed by atoms with Crippen LogP contribution >= 0.6 is 0 Å². The molecule has 0 atom stereocenters. The fraction of sp³-hybridized carbons (Fsp3) is 0.235. The second kappa shape index (κ2) is 7.83. The van der Waals surface area contributed by atoms with E-state index in [2.05, 4.69) is 10.0 Å². The molecule has 0 heterocycles. The summed E-state index contributed by atoms with van der Waals surface area (Å²) in [6, 6.07) is 13.2. The van der Waals surface area contributed by atoms with Crippen LogP contribution in [0.25, 0.3) is 0 Å². The summed E-state index contributed by atoms with van der Waals surface area (Å²) in [4.78, 5) is 11.3. The Morgan fingerprint density at radius 3 is 2.38 bits per heavy atom. The normalized spacial score (nSPS) is 10.9. The predicted molar refractivity (Wildman–Crippen MR) is 92.6 cm³/mol. The lowest BCUT2D eigenvalue weighted by Crippen LogP contribution is -2.24. The summed E-state index contributed by atoms with van der Waals surface area (Å²) in [6.07, 6.45) is 0.727. The molecule has 0 saturated carbocycles. The van der Waals surface area contributed by atoms with Gasteiger partial charge in [0, 0.05) is 7.05 Å². The average Bonchev–Trinajstić information content (AvgIpc) is 2.60. The van der Waals surface area contributed by atoms with Gasteiger partial charge >= 0.3 is 0 Å². The lowest BCUT2D eigenvalue weighted by atomic mass is 10.1. The molecule has 0 fully saturated rings. The quantitative estimate of drug-likeness (QED) is 0.803. The van der Waals surface area contributed by atoms with E-state index >= 15 is 0 Å². The Hall–Kier alpha value is -2.54. The molecule has 0 unspecified atom stereocenters. The van der Waals surface area contributed by atoms with E-state index < -0.39 is 10.0 Å². The molecule has 2 aromatic carbocycles. The first-order valence-corrected chi connectivity index (χ1v) is 8.98. The zero-order valence-corrected chi connectivity index (χ0v) is 14.4. The van der Waals surface area contributed by atoms with Gasteiger partial charge in [0.1, 0.15) is 5.75 Å². The first-order valence-electron chi connectivity index (χ1n) is 7.50. The van der Waals surface area contributed by atoms with Gasteiger partial charge in [0.05, 0.1) is 10.6 Å². The SMILES string of the molecule is CCc1ccccc1NS(=O)(=O)c1ccc(OCC(=O)NC)cc1. The monoisotopic (exact) mass is 348 g/mol. The van der Waals surface area contributed by atoms with Gasteiger partial charge in [-0.05, 0) is 42.3 Å². The summed E-state index contributed by atoms with van der Waals surface area (Å²) in [5.41, 5.74) is 1.49. The first-order chi connectivity index (χ1) is 11.5. The summed E-state index contributed by atoms with van der Waals surface area (Å²) < 4.78 is 32.8. The number of amides is 1. The van der Waals surface area contributed by atoms with Crippen molar-refractivity contribution in [3.05, 3.63) is 54.1 Å². The van der Waals surface area contributed by atoms with E-state index in [-0.39, 0.29) is 17.4 Å². The summed E-state index contributed by atoms with van der Waals surface area (Å²) in [5.74, 6) is 0.163. The molecule has 6 nitrogen and oxygen atoms in total. The number of rotatable bonds is 7. The highest BCUT2D eigenvalue weighted by Crippen LogP contribution is 2.22. The Labute approximate surface area is 141 Å². The topological polar surface area (TPSA) is 84.5 Å². The van der Waals surface area contributed by atoms with Crippen LogP contribution in [0.5, 0.6) is 5.75 Å². The van der Waals surface area contributed by atoms with Crippen LogP contribution in [0.1, 0.15) is 12.5 Å². The average molecular weight is 348 g/mol. The van der Waals surface area contributed by atoms with Crippen molar-refractivity contribution in [2.45, 2.75) is 18.2 Å². The Bertz CT molecular complexity index is 802. The maximum Gasteiger partial charge on any atom is 0.261 e. The number of hydrogen-bond acceptors (Lipinski definition) is 4. The largest absolute Gasteiger partial charge is 0.484 e. The van der Waals surface area contributed by atoms with Crippen molar-refractivity contribution < 1.29 is 17.9 Å². The van der Waals surface area contributed by atoms with Gasteiger partial charge in [-0.2, -0.15) is 0 Å². The Balaban J connectivity index is 2.13. The first kappa shape index (κ1) is 17.8. The zero-order chi connectivity index (χ0) is 17.6. The molecule has 7 heteroatoms. The number of carbonyl (C=O) groups excluding carboxylic acids is 1. The van der Waals surface area contributed by atoms with Crippen molar-refractivity contribution >= 4 is 21.6 Å². The molecule has 0 bridgehead atoms. The van der Waals surface area contributed by atoms with Gasteiger partial charge in [-0.1, -0.05) is 25.1 Å². The van der Waals surface area contributed by atoms with Crippen LogP contribution in [0.2, 0.25) is 0 Å². The number of nitrogens with one attached hydrogen (secondary N) is 2. The van der Waals surface area contributed by atoms with Gasteiger partial charge in [-0.15, -0.1) is 0 Å². The Morgan fingerprint density at radius 2 is 1.75 bits per heavy atom. The van der Waals surface area contributed by atoms with Crippen LogP contribution in [0, 0.1) is 0 Å². The number of hydrogen-bond donors (Lipinski definition) is 2. The smallest absolute Gasteiger partial charge is 0.261 e. The van der Waals surface area contributed by atoms with Crippen LogP contribution < -0.4 is 14.8 Å². The van der Waals surface area contributed by atoms with E-state index in [0.717, 1.165) is 12.0 Å². The number of benzene rings is 2. The van der Waals surface area contributed by atoms with E-state index in [0.29, 0.717) is 11.4 Å². The standard InChI is InChI=1S/C17H20N2O4S/c1-3-13-6-4-5-7-16(13)19-24(21,22)15-10-8-14(9-11-15)23-12-17(20)18-2/h4-11,19H,3,12H2,1-2H3,(H,18,20). The van der Waals surface area contributed by atoms with Crippen LogP contribution in [0.15, 0.2) is 53.4 Å². The number of carbonyl (C=O) groups is 1. The molecule has 0 spiro atoms. The van der Waals surface area contributed by atoms with Gasteiger partial charge < -0.3 is 10.1 Å². The number of anilines is 1. The van der Waals surface area contributed by atoms with Crippen molar-refractivity contribution in [1.82, 2.24) is 5.32 Å². The highest BCUT2D eigenvalue weighted by molar-refractivity contribution is 7.92. The molecule has 0 aliphatic rings. The van der Waals surface area contributed by atoms with Crippen molar-refractivity contribution in [1.29, 1.82) is 0 Å². The second-order valence-corrected chi connectivity index (χ2v) is 6.73. The Morgan fingerprint density at radius 1 is 1.08 bits per heavy atom. The fourth-order valence-electron chi connectivity index (χ4n) is 2.07. The van der Waals surface area contributed by atoms with Crippen LogP contribution in [-0.2, 0) is 21.2 Å². The van der Waals surface area contributed by atoms with Crippen molar-refractivity contribution in [3.8, 4) is 5.75 Å². The number of ether oxygens (including phenoxy) is 1. The van der Waals surface area contributed by atoms with E-state index in [1.807, 2.05) is 19.1 Å². The maximum absolute atomic E-state index is 12.5. The molecule has 0 aliphatic carbocycles. The third kappa shape index (κ3) is 4.48. The third-order valence-electron chi connectivity index (χ3n) is 3.43. The molecule has 0 aliphatic heterocycles. The molecular formula is C17H20N2O4S. The molecule has 2 rings (SSSR count). The molecule has 0 aromatic heterocycles. The molecule has 0 saturated heterocycles. The summed E-state index contributed by atoms with van der Waals surface area (Å²) in [6.45, 7) is 1.84. The molecular weight excluding hydrogens is 328 g/mol. The van der Waals surface area contributed by atoms with Crippen molar-refractivity contribution in [2.75, 3.05) is 18.4 Å². The van der Waals surface area contributed by atoms with Gasteiger partial charge in [-0.25, -0.2) is 8.42 Å². The molecule has 2 N–H and O–H groups in total. The van der Waals surface area contributed by atoms with Crippen LogP contribution in [0.4, 0.5) is 5.69 Å². The Kier molecular flexibility index (Phi) is 5.81. The second-order valence-electron chi connectivity index (χ2n) is 5.05. The van der Waals surface area contributed by atoms with Gasteiger partial charge in [0.2, 0.25) is 0 Å². The fourth-order valence-corrected chi connectivity index (χ4v) is 3.17. The molecule has 24 heavy (non-hydrogen) atoms. The molecule has 128 valence electrons. The van der Waals surface area contributed by atoms with Crippen LogP contribution in [-0.4, -0.2) is 28.0 Å². The van der Waals surface area contributed by atoms with E-state index in [1.54, 1.807) is 12.1 Å². The minimum atomic E-state index is -3.68. The highest BCUT2D eigenvalue weighted by atomic mass is 32.2. The highest BCUT2D eigenvalue weighted by Gasteiger charge is 2.15. The van der Waals surface area contributed by atoms with Gasteiger partial charge in [0.15, 0.2) is 6.61 Å². The van der Waals surface area contributed by atoms with Crippen molar-refractivity contribution in [2.24, 2.45) is 0 Å². The lowest BCUT2D eigenvalue weighted by molar-refractivity contribution is -0.122. The number of aryl methyl sites for hydroxylation is 1. The van der Waals surface area contributed by atoms with E-state index in [4.69, 9.17) is 4.74 Å². The minimum Gasteiger partial charge on any atom is -0.484 e. The van der Waals surface area contributed by atoms with Crippen molar-refractivity contribution in [3.63, 3.8) is 0 Å².